The number of hydrogen-bond donors (Lipinski definition) is 0. The molecular formula is C21H16ClF3N2O5S2. The van der Waals surface area contributed by atoms with Crippen LogP contribution in [0, 0.1) is 6.92 Å². The number of halogens is 4. The highest BCUT2D eigenvalue weighted by molar-refractivity contribution is 7.92. The van der Waals surface area contributed by atoms with Crippen LogP contribution >= 0.6 is 11.6 Å². The molecule has 0 aliphatic heterocycles. The van der Waals surface area contributed by atoms with Crippen molar-refractivity contribution < 1.29 is 34.8 Å². The summed E-state index contributed by atoms with van der Waals surface area (Å²) in [4.78, 5) is 18.2. The summed E-state index contributed by atoms with van der Waals surface area (Å²) in [5.74, 6) is -2.53. The van der Waals surface area contributed by atoms with Crippen LogP contribution in [0.15, 0.2) is 53.4 Å². The van der Waals surface area contributed by atoms with E-state index in [9.17, 15) is 26.4 Å². The predicted octanol–water partition coefficient (Wildman–Crippen LogP) is 4.48. The van der Waals surface area contributed by atoms with E-state index in [1.54, 1.807) is 24.3 Å². The molecule has 180 valence electrons. The molecule has 0 radical (unpaired) electrons. The van der Waals surface area contributed by atoms with Crippen molar-refractivity contribution in [1.82, 2.24) is 9.97 Å². The molecule has 0 saturated carbocycles. The molecule has 3 aromatic rings. The number of nitrogens with zero attached hydrogens (tertiary/aromatic N) is 2. The van der Waals surface area contributed by atoms with Crippen molar-refractivity contribution in [2.24, 2.45) is 0 Å². The van der Waals surface area contributed by atoms with Gasteiger partial charge in [-0.25, -0.2) is 18.4 Å². The molecule has 1 heterocycles. The van der Waals surface area contributed by atoms with Gasteiger partial charge in [-0.1, -0.05) is 53.6 Å². The van der Waals surface area contributed by atoms with Crippen molar-refractivity contribution in [1.29, 1.82) is 0 Å². The van der Waals surface area contributed by atoms with Gasteiger partial charge in [-0.15, -0.1) is 0 Å². The Kier molecular flexibility index (Phi) is 8.81. The molecule has 0 spiro atoms. The Balaban J connectivity index is 0.00000129. The first kappa shape index (κ1) is 27.3. The Morgan fingerprint density at radius 3 is 1.94 bits per heavy atom. The second kappa shape index (κ2) is 11.0. The van der Waals surface area contributed by atoms with Crippen molar-refractivity contribution >= 4 is 38.8 Å². The average molecular weight is 533 g/mol. The van der Waals surface area contributed by atoms with Crippen LogP contribution in [-0.4, -0.2) is 38.3 Å². The first-order valence-electron chi connectivity index (χ1n) is 9.26. The van der Waals surface area contributed by atoms with Crippen LogP contribution in [-0.2, 0) is 32.4 Å². The summed E-state index contributed by atoms with van der Waals surface area (Å²) in [6, 6.07) is 12.0. The molecule has 0 unspecified atom stereocenters. The standard InChI is InChI=1S/C21H16ClF3N2O3S.O2S/c1-12-3-5-15(6-4-12)18-17(19(22)27-20(26-18)21(23,24)25)14-7-9-16(10-8-14)31(29,30)11-13(2)28;1-3-2/h3-10H,11H2,1-2H3;. The molecule has 0 atom stereocenters. The van der Waals surface area contributed by atoms with Gasteiger partial charge in [0.15, 0.2) is 9.84 Å². The highest BCUT2D eigenvalue weighted by Gasteiger charge is 2.36. The molecule has 13 heteroatoms. The zero-order valence-corrected chi connectivity index (χ0v) is 20.0. The molecule has 34 heavy (non-hydrogen) atoms. The highest BCUT2D eigenvalue weighted by Crippen LogP contribution is 2.38. The van der Waals surface area contributed by atoms with Gasteiger partial charge >= 0.3 is 17.7 Å². The minimum Gasteiger partial charge on any atom is -0.299 e. The van der Waals surface area contributed by atoms with E-state index in [1.807, 2.05) is 6.92 Å². The van der Waals surface area contributed by atoms with Crippen LogP contribution in [0.2, 0.25) is 5.15 Å². The zero-order valence-electron chi connectivity index (χ0n) is 17.6. The largest absolute Gasteiger partial charge is 0.451 e. The number of benzene rings is 2. The smallest absolute Gasteiger partial charge is 0.299 e. The number of alkyl halides is 3. The Labute approximate surface area is 201 Å². The van der Waals surface area contributed by atoms with Gasteiger partial charge < -0.3 is 0 Å². The number of aryl methyl sites for hydroxylation is 1. The van der Waals surface area contributed by atoms with E-state index in [1.165, 1.54) is 31.2 Å². The van der Waals surface area contributed by atoms with Gasteiger partial charge in [0.25, 0.3) is 0 Å². The lowest BCUT2D eigenvalue weighted by molar-refractivity contribution is -0.144. The maximum atomic E-state index is 13.3. The Hall–Kier alpha value is -2.96. The second-order valence-corrected chi connectivity index (χ2v) is 9.46. The van der Waals surface area contributed by atoms with E-state index in [-0.39, 0.29) is 16.2 Å². The van der Waals surface area contributed by atoms with Crippen molar-refractivity contribution in [2.75, 3.05) is 5.75 Å². The van der Waals surface area contributed by atoms with Crippen molar-refractivity contribution in [2.45, 2.75) is 24.9 Å². The van der Waals surface area contributed by atoms with E-state index >= 15 is 0 Å². The number of carbonyl (C=O) groups excluding carboxylic acids is 1. The van der Waals surface area contributed by atoms with Crippen LogP contribution in [0.4, 0.5) is 13.2 Å². The minimum atomic E-state index is -4.80. The van der Waals surface area contributed by atoms with Gasteiger partial charge in [-0.3, -0.25) is 4.79 Å². The van der Waals surface area contributed by atoms with E-state index < -0.39 is 50.1 Å². The van der Waals surface area contributed by atoms with E-state index in [0.29, 0.717) is 11.1 Å². The molecule has 3 rings (SSSR count). The van der Waals surface area contributed by atoms with Crippen molar-refractivity contribution in [3.8, 4) is 22.4 Å². The number of rotatable bonds is 5. The zero-order chi connectivity index (χ0) is 25.7. The molecule has 7 nitrogen and oxygen atoms in total. The van der Waals surface area contributed by atoms with Gasteiger partial charge in [-0.05, 0) is 31.5 Å². The summed E-state index contributed by atoms with van der Waals surface area (Å²) in [5, 5.41) is -0.419. The first-order chi connectivity index (χ1) is 15.8. The number of Topliss-reactive ketones (excluding diaryl/α,β-unsaturated/α-hetero) is 1. The molecular weight excluding hydrogens is 517 g/mol. The molecule has 0 aliphatic carbocycles. The summed E-state index contributed by atoms with van der Waals surface area (Å²) < 4.78 is 80.9. The van der Waals surface area contributed by atoms with Crippen LogP contribution in [0.5, 0.6) is 0 Å². The summed E-state index contributed by atoms with van der Waals surface area (Å²) in [6.45, 7) is 3.00. The van der Waals surface area contributed by atoms with Crippen LogP contribution in [0.1, 0.15) is 18.3 Å². The Morgan fingerprint density at radius 1 is 0.971 bits per heavy atom. The molecule has 0 N–H and O–H groups in total. The Bertz CT molecular complexity index is 1340. The lowest BCUT2D eigenvalue weighted by atomic mass is 10.00. The van der Waals surface area contributed by atoms with Gasteiger partial charge in [0.05, 0.1) is 10.6 Å². The number of aromatic nitrogens is 2. The molecule has 0 aliphatic rings. The number of ketones is 1. The molecule has 0 bridgehead atoms. The summed E-state index contributed by atoms with van der Waals surface area (Å²) in [5.41, 5.74) is 1.72. The average Bonchev–Trinajstić information content (AvgIpc) is 2.73. The van der Waals surface area contributed by atoms with Crippen molar-refractivity contribution in [3.63, 3.8) is 0 Å². The topological polar surface area (TPSA) is 111 Å². The van der Waals surface area contributed by atoms with E-state index in [0.717, 1.165) is 5.56 Å². The molecule has 2 aromatic carbocycles. The fourth-order valence-corrected chi connectivity index (χ4v) is 4.45. The van der Waals surface area contributed by atoms with E-state index in [2.05, 4.69) is 9.97 Å². The number of sulfone groups is 1. The first-order valence-corrected chi connectivity index (χ1v) is 12.0. The second-order valence-electron chi connectivity index (χ2n) is 6.98. The number of carbonyl (C=O) groups is 1. The molecule has 0 amide bonds. The molecule has 1 aromatic heterocycles. The molecule has 0 fully saturated rings. The lowest BCUT2D eigenvalue weighted by Crippen LogP contribution is -2.13. The fourth-order valence-electron chi connectivity index (χ4n) is 2.92. The maximum absolute atomic E-state index is 13.3. The summed E-state index contributed by atoms with van der Waals surface area (Å²) in [7, 11) is -3.82. The van der Waals surface area contributed by atoms with Crippen LogP contribution < -0.4 is 0 Å². The third-order valence-corrected chi connectivity index (χ3v) is 6.39. The summed E-state index contributed by atoms with van der Waals surface area (Å²) in [6.07, 6.45) is -4.80. The lowest BCUT2D eigenvalue weighted by Gasteiger charge is -2.15. The molecule has 0 saturated heterocycles. The monoisotopic (exact) mass is 532 g/mol. The Morgan fingerprint density at radius 2 is 1.47 bits per heavy atom. The summed E-state index contributed by atoms with van der Waals surface area (Å²) >= 11 is 5.39. The van der Waals surface area contributed by atoms with E-state index in [4.69, 9.17) is 20.0 Å². The normalized spacial score (nSPS) is 11.4. The fraction of sp³-hybridized carbons (Fsp3) is 0.190. The quantitative estimate of drug-likeness (QED) is 0.445. The predicted molar refractivity (Wildman–Crippen MR) is 119 cm³/mol. The van der Waals surface area contributed by atoms with Crippen LogP contribution in [0.25, 0.3) is 22.4 Å². The van der Waals surface area contributed by atoms with Crippen molar-refractivity contribution in [3.05, 3.63) is 65.1 Å². The third kappa shape index (κ3) is 6.78. The third-order valence-electron chi connectivity index (χ3n) is 4.34. The van der Waals surface area contributed by atoms with Gasteiger partial charge in [-0.2, -0.15) is 21.6 Å². The SMILES string of the molecule is CC(=O)CS(=O)(=O)c1ccc(-c2c(Cl)nc(C(F)(F)F)nc2-c2ccc(C)cc2)cc1.O=S=O. The van der Waals surface area contributed by atoms with Gasteiger partial charge in [0.2, 0.25) is 5.82 Å². The van der Waals surface area contributed by atoms with Gasteiger partial charge in [0, 0.05) is 11.1 Å². The van der Waals surface area contributed by atoms with Crippen LogP contribution in [0.3, 0.4) is 0 Å². The van der Waals surface area contributed by atoms with Gasteiger partial charge in [0.1, 0.15) is 16.7 Å². The highest BCUT2D eigenvalue weighted by atomic mass is 35.5. The minimum absolute atomic E-state index is 0.0355. The maximum Gasteiger partial charge on any atom is 0.451 e. The number of hydrogen-bond acceptors (Lipinski definition) is 7.